The van der Waals surface area contributed by atoms with E-state index in [9.17, 15) is 9.90 Å². The zero-order valence-corrected chi connectivity index (χ0v) is 13.2. The predicted molar refractivity (Wildman–Crippen MR) is 82.7 cm³/mol. The van der Waals surface area contributed by atoms with Crippen molar-refractivity contribution < 1.29 is 14.6 Å². The molecule has 0 radical (unpaired) electrons. The minimum absolute atomic E-state index is 0.0174. The molecule has 0 fully saturated rings. The van der Waals surface area contributed by atoms with Gasteiger partial charge in [0.05, 0.1) is 12.8 Å². The highest BCUT2D eigenvalue weighted by Gasteiger charge is 2.32. The molecule has 1 aromatic carbocycles. The maximum atomic E-state index is 12.0. The summed E-state index contributed by atoms with van der Waals surface area (Å²) in [7, 11) is 3.25. The number of carbonyl (C=O) groups is 1. The number of methoxy groups -OCH3 is 1. The minimum atomic E-state index is -0.223. The van der Waals surface area contributed by atoms with Gasteiger partial charge in [0, 0.05) is 36.7 Å². The zero-order valence-electron chi connectivity index (χ0n) is 12.5. The Morgan fingerprint density at radius 1 is 1.50 bits per heavy atom. The molecule has 0 unspecified atom stereocenters. The highest BCUT2D eigenvalue weighted by Crippen LogP contribution is 2.44. The maximum Gasteiger partial charge on any atom is 0.225 e. The number of aromatic hydroxyl groups is 1. The molecule has 0 spiro atoms. The number of anilines is 1. The lowest BCUT2D eigenvalue weighted by atomic mass is 9.84. The molecule has 6 nitrogen and oxygen atoms in total. The molecule has 2 N–H and O–H groups in total. The number of phenolic OH excluding ortho intramolecular Hbond substituents is 1. The molecule has 1 amide bonds. The third-order valence-electron chi connectivity index (χ3n) is 3.93. The van der Waals surface area contributed by atoms with Crippen LogP contribution in [0, 0.1) is 6.92 Å². The molecule has 1 aromatic heterocycles. The van der Waals surface area contributed by atoms with Crippen molar-refractivity contribution >= 4 is 23.2 Å². The predicted octanol–water partition coefficient (Wildman–Crippen LogP) is 2.57. The molecule has 1 atom stereocenters. The Bertz CT molecular complexity index is 770. The quantitative estimate of drug-likeness (QED) is 0.891. The highest BCUT2D eigenvalue weighted by molar-refractivity contribution is 6.30. The number of hydrogen-bond acceptors (Lipinski definition) is 4. The summed E-state index contributed by atoms with van der Waals surface area (Å²) < 4.78 is 6.76. The van der Waals surface area contributed by atoms with E-state index in [-0.39, 0.29) is 24.0 Å². The minimum Gasteiger partial charge on any atom is -0.504 e. The lowest BCUT2D eigenvalue weighted by molar-refractivity contribution is -0.116. The van der Waals surface area contributed by atoms with Crippen molar-refractivity contribution in [3.63, 3.8) is 0 Å². The average Bonchev–Trinajstić information content (AvgIpc) is 2.70. The third kappa shape index (κ3) is 2.20. The van der Waals surface area contributed by atoms with Crippen LogP contribution in [0.1, 0.15) is 29.2 Å². The number of ether oxygens (including phenoxy) is 1. The smallest absolute Gasteiger partial charge is 0.225 e. The van der Waals surface area contributed by atoms with Gasteiger partial charge in [-0.15, -0.1) is 0 Å². The van der Waals surface area contributed by atoms with Gasteiger partial charge in [0.25, 0.3) is 0 Å². The Balaban J connectivity index is 2.21. The summed E-state index contributed by atoms with van der Waals surface area (Å²) >= 11 is 6.35. The molecule has 2 aromatic rings. The number of carbonyl (C=O) groups excluding carboxylic acids is 1. The SMILES string of the molecule is COc1cc2c(cc1O)NC(=O)C[C@H]2c1c(C)nn(C)c1Cl. The second kappa shape index (κ2) is 5.21. The Labute approximate surface area is 132 Å². The van der Waals surface area contributed by atoms with Crippen LogP contribution in [0.25, 0.3) is 0 Å². The van der Waals surface area contributed by atoms with E-state index >= 15 is 0 Å². The van der Waals surface area contributed by atoms with Crippen LogP contribution < -0.4 is 10.1 Å². The molecule has 22 heavy (non-hydrogen) atoms. The number of aromatic nitrogens is 2. The summed E-state index contributed by atoms with van der Waals surface area (Å²) in [6.45, 7) is 1.87. The molecular weight excluding hydrogens is 306 g/mol. The van der Waals surface area contributed by atoms with E-state index in [0.29, 0.717) is 16.6 Å². The van der Waals surface area contributed by atoms with Crippen LogP contribution in [-0.4, -0.2) is 27.9 Å². The zero-order chi connectivity index (χ0) is 16.0. The number of nitrogens with zero attached hydrogens (tertiary/aromatic N) is 2. The Hall–Kier alpha value is -2.21. The number of aryl methyl sites for hydroxylation is 2. The van der Waals surface area contributed by atoms with Gasteiger partial charge in [-0.1, -0.05) is 11.6 Å². The van der Waals surface area contributed by atoms with Crippen LogP contribution in [0.15, 0.2) is 12.1 Å². The van der Waals surface area contributed by atoms with Crippen LogP contribution in [0.5, 0.6) is 11.5 Å². The van der Waals surface area contributed by atoms with Crippen LogP contribution in [0.3, 0.4) is 0 Å². The summed E-state index contributed by atoms with van der Waals surface area (Å²) in [4.78, 5) is 12.0. The summed E-state index contributed by atoms with van der Waals surface area (Å²) in [6, 6.07) is 3.23. The van der Waals surface area contributed by atoms with E-state index in [1.54, 1.807) is 17.8 Å². The molecule has 0 bridgehead atoms. The number of benzene rings is 1. The molecule has 0 saturated heterocycles. The van der Waals surface area contributed by atoms with Gasteiger partial charge in [0.1, 0.15) is 5.15 Å². The fraction of sp³-hybridized carbons (Fsp3) is 0.333. The van der Waals surface area contributed by atoms with Crippen LogP contribution in [-0.2, 0) is 11.8 Å². The van der Waals surface area contributed by atoms with Crippen molar-refractivity contribution in [1.29, 1.82) is 0 Å². The summed E-state index contributed by atoms with van der Waals surface area (Å²) in [5.41, 5.74) is 3.03. The van der Waals surface area contributed by atoms with Crippen molar-refractivity contribution in [2.45, 2.75) is 19.3 Å². The summed E-state index contributed by atoms with van der Waals surface area (Å²) in [5, 5.41) is 17.5. The second-order valence-corrected chi connectivity index (χ2v) is 5.69. The van der Waals surface area contributed by atoms with E-state index < -0.39 is 0 Å². The molecular formula is C15H16ClN3O3. The van der Waals surface area contributed by atoms with Crippen molar-refractivity contribution in [1.82, 2.24) is 9.78 Å². The van der Waals surface area contributed by atoms with E-state index in [4.69, 9.17) is 16.3 Å². The third-order valence-corrected chi connectivity index (χ3v) is 4.38. The second-order valence-electron chi connectivity index (χ2n) is 5.33. The number of rotatable bonds is 2. The largest absolute Gasteiger partial charge is 0.504 e. The molecule has 2 heterocycles. The molecule has 1 aliphatic rings. The Morgan fingerprint density at radius 3 is 2.82 bits per heavy atom. The molecule has 0 saturated carbocycles. The fourth-order valence-electron chi connectivity index (χ4n) is 2.94. The van der Waals surface area contributed by atoms with E-state index in [0.717, 1.165) is 16.8 Å². The molecule has 3 rings (SSSR count). The lowest BCUT2D eigenvalue weighted by Gasteiger charge is -2.26. The number of hydrogen-bond donors (Lipinski definition) is 2. The molecule has 116 valence electrons. The molecule has 1 aliphatic heterocycles. The first-order valence-electron chi connectivity index (χ1n) is 6.82. The van der Waals surface area contributed by atoms with Gasteiger partial charge in [-0.05, 0) is 18.6 Å². The van der Waals surface area contributed by atoms with Gasteiger partial charge in [-0.2, -0.15) is 5.10 Å². The number of fused-ring (bicyclic) bond motifs is 1. The number of amides is 1. The van der Waals surface area contributed by atoms with Crippen LogP contribution in [0.2, 0.25) is 5.15 Å². The summed E-state index contributed by atoms with van der Waals surface area (Å²) in [5.74, 6) is -0.00499. The van der Waals surface area contributed by atoms with Crippen LogP contribution >= 0.6 is 11.6 Å². The average molecular weight is 322 g/mol. The van der Waals surface area contributed by atoms with E-state index in [1.165, 1.54) is 13.2 Å². The van der Waals surface area contributed by atoms with Gasteiger partial charge < -0.3 is 15.2 Å². The van der Waals surface area contributed by atoms with Crippen molar-refractivity contribution in [2.75, 3.05) is 12.4 Å². The van der Waals surface area contributed by atoms with E-state index in [1.807, 2.05) is 6.92 Å². The normalized spacial score (nSPS) is 17.1. The summed E-state index contributed by atoms with van der Waals surface area (Å²) in [6.07, 6.45) is 0.271. The monoisotopic (exact) mass is 321 g/mol. The Kier molecular flexibility index (Phi) is 3.48. The first-order chi connectivity index (χ1) is 10.4. The molecule has 7 heteroatoms. The molecule has 0 aliphatic carbocycles. The number of phenols is 1. The maximum absolute atomic E-state index is 12.0. The van der Waals surface area contributed by atoms with Crippen LogP contribution in [0.4, 0.5) is 5.69 Å². The van der Waals surface area contributed by atoms with Crippen molar-refractivity contribution in [3.05, 3.63) is 34.1 Å². The van der Waals surface area contributed by atoms with Crippen molar-refractivity contribution in [2.24, 2.45) is 7.05 Å². The lowest BCUT2D eigenvalue weighted by Crippen LogP contribution is -2.24. The first kappa shape index (κ1) is 14.7. The van der Waals surface area contributed by atoms with Gasteiger partial charge in [-0.25, -0.2) is 0 Å². The van der Waals surface area contributed by atoms with Gasteiger partial charge in [-0.3, -0.25) is 9.48 Å². The number of halogens is 1. The first-order valence-corrected chi connectivity index (χ1v) is 7.20. The van der Waals surface area contributed by atoms with Gasteiger partial charge >= 0.3 is 0 Å². The highest BCUT2D eigenvalue weighted by atomic mass is 35.5. The van der Waals surface area contributed by atoms with Gasteiger partial charge in [0.15, 0.2) is 11.5 Å². The number of nitrogens with one attached hydrogen (secondary N) is 1. The fourth-order valence-corrected chi connectivity index (χ4v) is 3.25. The van der Waals surface area contributed by atoms with E-state index in [2.05, 4.69) is 10.4 Å². The van der Waals surface area contributed by atoms with Crippen molar-refractivity contribution in [3.8, 4) is 11.5 Å². The van der Waals surface area contributed by atoms with Gasteiger partial charge in [0.2, 0.25) is 5.91 Å². The standard InChI is InChI=1S/C15H16ClN3O3/c1-7-14(15(16)19(2)18-7)9-5-13(21)17-10-6-11(20)12(22-3)4-8(9)10/h4,6,9,20H,5H2,1-3H3,(H,17,21)/t9-/m1/s1. The topological polar surface area (TPSA) is 76.4 Å². The Morgan fingerprint density at radius 2 is 2.23 bits per heavy atom.